The number of carboxylic acid groups (broad SMARTS) is 1. The predicted octanol–water partition coefficient (Wildman–Crippen LogP) is 0.991. The number of aromatic amines is 1. The molecule has 3 N–H and O–H groups in total. The summed E-state index contributed by atoms with van der Waals surface area (Å²) in [6.45, 7) is 1.39. The van der Waals surface area contributed by atoms with Crippen LogP contribution in [0.5, 0.6) is 0 Å². The minimum atomic E-state index is -1.04. The highest BCUT2D eigenvalue weighted by atomic mass is 16.4. The Morgan fingerprint density at radius 1 is 1.35 bits per heavy atom. The third-order valence-corrected chi connectivity index (χ3v) is 3.47. The van der Waals surface area contributed by atoms with Crippen molar-refractivity contribution in [2.45, 2.75) is 38.1 Å². The van der Waals surface area contributed by atoms with Gasteiger partial charge in [-0.3, -0.25) is 0 Å². The van der Waals surface area contributed by atoms with Gasteiger partial charge in [0.1, 0.15) is 6.04 Å². The Labute approximate surface area is 117 Å². The van der Waals surface area contributed by atoms with Crippen LogP contribution >= 0.6 is 0 Å². The molecule has 1 atom stereocenters. The van der Waals surface area contributed by atoms with Crippen LogP contribution in [0.4, 0.5) is 4.79 Å². The van der Waals surface area contributed by atoms with E-state index in [0.29, 0.717) is 18.8 Å². The van der Waals surface area contributed by atoms with Crippen LogP contribution in [0.2, 0.25) is 0 Å². The average Bonchev–Trinajstić information content (AvgIpc) is 2.77. The highest BCUT2D eigenvalue weighted by molar-refractivity contribution is 5.82. The Kier molecular flexibility index (Phi) is 4.97. The summed E-state index contributed by atoms with van der Waals surface area (Å²) in [6.07, 6.45) is 7.46. The first-order valence-corrected chi connectivity index (χ1v) is 6.92. The van der Waals surface area contributed by atoms with Crippen LogP contribution in [-0.2, 0) is 11.2 Å². The van der Waals surface area contributed by atoms with E-state index in [4.69, 9.17) is 0 Å². The summed E-state index contributed by atoms with van der Waals surface area (Å²) in [6, 6.07) is -1.23. The van der Waals surface area contributed by atoms with Crippen molar-refractivity contribution in [3.63, 3.8) is 0 Å². The van der Waals surface area contributed by atoms with Crippen LogP contribution in [0.1, 0.15) is 31.4 Å². The fourth-order valence-electron chi connectivity index (χ4n) is 2.33. The summed E-state index contributed by atoms with van der Waals surface area (Å²) in [4.78, 5) is 31.8. The van der Waals surface area contributed by atoms with E-state index in [-0.39, 0.29) is 12.5 Å². The molecular formula is C13H20N4O3. The third kappa shape index (κ3) is 3.97. The second-order valence-corrected chi connectivity index (χ2v) is 5.02. The number of nitrogens with zero attached hydrogens (tertiary/aromatic N) is 2. The Morgan fingerprint density at radius 2 is 2.05 bits per heavy atom. The summed E-state index contributed by atoms with van der Waals surface area (Å²) >= 11 is 0. The molecule has 1 fully saturated rings. The molecule has 7 heteroatoms. The number of hydrogen-bond donors (Lipinski definition) is 3. The SMILES string of the molecule is O=C(O)[C@@H](Cc1cnc[nH]1)NC(=O)N1CCCCCC1. The first-order valence-electron chi connectivity index (χ1n) is 6.92. The van der Waals surface area contributed by atoms with Crippen LogP contribution in [0.3, 0.4) is 0 Å². The standard InChI is InChI=1S/C13H20N4O3/c18-12(19)11(7-10-8-14-9-15-10)16-13(20)17-5-3-1-2-4-6-17/h8-9,11H,1-7H2,(H,14,15)(H,16,20)(H,18,19)/t11-/m1/s1. The summed E-state index contributed by atoms with van der Waals surface area (Å²) < 4.78 is 0. The molecule has 20 heavy (non-hydrogen) atoms. The minimum absolute atomic E-state index is 0.203. The number of urea groups is 1. The number of rotatable bonds is 4. The Bertz CT molecular complexity index is 438. The lowest BCUT2D eigenvalue weighted by molar-refractivity contribution is -0.139. The van der Waals surface area contributed by atoms with Gasteiger partial charge in [0.05, 0.1) is 6.33 Å². The molecule has 110 valence electrons. The number of hydrogen-bond acceptors (Lipinski definition) is 3. The van der Waals surface area contributed by atoms with Gasteiger partial charge in [0.25, 0.3) is 0 Å². The fraction of sp³-hybridized carbons (Fsp3) is 0.615. The van der Waals surface area contributed by atoms with Gasteiger partial charge in [0.2, 0.25) is 0 Å². The number of aromatic nitrogens is 2. The lowest BCUT2D eigenvalue weighted by Gasteiger charge is -2.23. The van der Waals surface area contributed by atoms with Gasteiger partial charge >= 0.3 is 12.0 Å². The Balaban J connectivity index is 1.93. The second-order valence-electron chi connectivity index (χ2n) is 5.02. The second kappa shape index (κ2) is 6.93. The monoisotopic (exact) mass is 280 g/mol. The predicted molar refractivity (Wildman–Crippen MR) is 72.3 cm³/mol. The molecule has 1 aromatic heterocycles. The topological polar surface area (TPSA) is 98.3 Å². The molecule has 2 amide bonds. The molecule has 7 nitrogen and oxygen atoms in total. The van der Waals surface area contributed by atoms with E-state index in [0.717, 1.165) is 25.7 Å². The van der Waals surface area contributed by atoms with E-state index in [1.54, 1.807) is 11.1 Å². The molecule has 0 aromatic carbocycles. The molecule has 0 radical (unpaired) electrons. The molecule has 2 heterocycles. The van der Waals surface area contributed by atoms with Gasteiger partial charge in [-0.25, -0.2) is 14.6 Å². The number of carboxylic acids is 1. The van der Waals surface area contributed by atoms with Crippen LogP contribution in [0.25, 0.3) is 0 Å². The first-order chi connectivity index (χ1) is 9.66. The Hall–Kier alpha value is -2.05. The number of likely N-dealkylation sites (tertiary alicyclic amines) is 1. The zero-order chi connectivity index (χ0) is 14.4. The largest absolute Gasteiger partial charge is 0.480 e. The van der Waals surface area contributed by atoms with Crippen molar-refractivity contribution in [2.75, 3.05) is 13.1 Å². The number of aliphatic carboxylic acids is 1. The maximum Gasteiger partial charge on any atom is 0.326 e. The van der Waals surface area contributed by atoms with Crippen molar-refractivity contribution in [2.24, 2.45) is 0 Å². The molecule has 2 rings (SSSR count). The first kappa shape index (κ1) is 14.4. The van der Waals surface area contributed by atoms with Gasteiger partial charge in [-0.2, -0.15) is 0 Å². The molecule has 1 aliphatic heterocycles. The highest BCUT2D eigenvalue weighted by Crippen LogP contribution is 2.10. The van der Waals surface area contributed by atoms with Crippen molar-refractivity contribution < 1.29 is 14.7 Å². The summed E-state index contributed by atoms with van der Waals surface area (Å²) in [7, 11) is 0. The molecule has 0 aliphatic carbocycles. The average molecular weight is 280 g/mol. The number of imidazole rings is 1. The van der Waals surface area contributed by atoms with Crippen molar-refractivity contribution in [1.82, 2.24) is 20.2 Å². The van der Waals surface area contributed by atoms with E-state index >= 15 is 0 Å². The maximum atomic E-state index is 12.1. The lowest BCUT2D eigenvalue weighted by Crippen LogP contribution is -2.49. The number of carbonyl (C=O) groups excluding carboxylic acids is 1. The third-order valence-electron chi connectivity index (χ3n) is 3.47. The lowest BCUT2D eigenvalue weighted by atomic mass is 10.1. The molecular weight excluding hydrogens is 260 g/mol. The Morgan fingerprint density at radius 3 is 2.60 bits per heavy atom. The van der Waals surface area contributed by atoms with Crippen molar-refractivity contribution in [3.05, 3.63) is 18.2 Å². The minimum Gasteiger partial charge on any atom is -0.480 e. The summed E-state index contributed by atoms with van der Waals surface area (Å²) in [5.74, 6) is -1.04. The molecule has 0 unspecified atom stereocenters. The van der Waals surface area contributed by atoms with Crippen LogP contribution < -0.4 is 5.32 Å². The van der Waals surface area contributed by atoms with Crippen molar-refractivity contribution in [3.8, 4) is 0 Å². The molecule has 0 saturated carbocycles. The van der Waals surface area contributed by atoms with E-state index in [1.165, 1.54) is 6.33 Å². The fourth-order valence-corrected chi connectivity index (χ4v) is 2.33. The zero-order valence-electron chi connectivity index (χ0n) is 11.3. The number of carbonyl (C=O) groups is 2. The molecule has 1 aliphatic rings. The number of nitrogens with one attached hydrogen (secondary N) is 2. The molecule has 0 bridgehead atoms. The van der Waals surface area contributed by atoms with Gasteiger partial charge in [-0.05, 0) is 12.8 Å². The highest BCUT2D eigenvalue weighted by Gasteiger charge is 2.24. The van der Waals surface area contributed by atoms with Crippen LogP contribution in [0.15, 0.2) is 12.5 Å². The zero-order valence-corrected chi connectivity index (χ0v) is 11.3. The molecule has 1 aromatic rings. The van der Waals surface area contributed by atoms with Gasteiger partial charge in [0.15, 0.2) is 0 Å². The smallest absolute Gasteiger partial charge is 0.326 e. The maximum absolute atomic E-state index is 12.1. The van der Waals surface area contributed by atoms with Crippen LogP contribution in [-0.4, -0.2) is 51.1 Å². The van der Waals surface area contributed by atoms with E-state index in [1.807, 2.05) is 0 Å². The summed E-state index contributed by atoms with van der Waals surface area (Å²) in [5, 5.41) is 11.8. The van der Waals surface area contributed by atoms with Gasteiger partial charge in [-0.1, -0.05) is 12.8 Å². The van der Waals surface area contributed by atoms with Crippen LogP contribution in [0, 0.1) is 0 Å². The number of amides is 2. The van der Waals surface area contributed by atoms with Gasteiger partial charge in [0, 0.05) is 31.4 Å². The summed E-state index contributed by atoms with van der Waals surface area (Å²) in [5.41, 5.74) is 0.688. The van der Waals surface area contributed by atoms with Gasteiger partial charge in [-0.15, -0.1) is 0 Å². The molecule has 1 saturated heterocycles. The van der Waals surface area contributed by atoms with Gasteiger partial charge < -0.3 is 20.3 Å². The van der Waals surface area contributed by atoms with E-state index in [9.17, 15) is 14.7 Å². The normalized spacial score (nSPS) is 17.3. The molecule has 0 spiro atoms. The number of H-pyrrole nitrogens is 1. The van der Waals surface area contributed by atoms with Crippen molar-refractivity contribution in [1.29, 1.82) is 0 Å². The van der Waals surface area contributed by atoms with E-state index < -0.39 is 12.0 Å². The van der Waals surface area contributed by atoms with Crippen molar-refractivity contribution >= 4 is 12.0 Å². The van der Waals surface area contributed by atoms with E-state index in [2.05, 4.69) is 15.3 Å². The quantitative estimate of drug-likeness (QED) is 0.766.